The smallest absolute Gasteiger partial charge is 0.138 e. The van der Waals surface area contributed by atoms with Crippen molar-refractivity contribution in [3.63, 3.8) is 0 Å². The summed E-state index contributed by atoms with van der Waals surface area (Å²) in [5.74, 6) is 6.40. The fraction of sp³-hybridized carbons (Fsp3) is 0.778. The van der Waals surface area contributed by atoms with Crippen LogP contribution < -0.4 is 11.3 Å². The van der Waals surface area contributed by atoms with Crippen molar-refractivity contribution in [3.8, 4) is 0 Å². The van der Waals surface area contributed by atoms with Crippen LogP contribution in [0.3, 0.4) is 0 Å². The number of ether oxygens (including phenoxy) is 1. The largest absolute Gasteiger partial charge is 0.380 e. The fourth-order valence-corrected chi connectivity index (χ4v) is 1.61. The lowest BCUT2D eigenvalue weighted by Crippen LogP contribution is -2.46. The highest BCUT2D eigenvalue weighted by atomic mass is 16.5. The summed E-state index contributed by atoms with van der Waals surface area (Å²) in [6, 6.07) is 0.0582. The molecule has 0 amide bonds. The zero-order valence-corrected chi connectivity index (χ0v) is 9.47. The van der Waals surface area contributed by atoms with Gasteiger partial charge in [-0.1, -0.05) is 6.92 Å². The molecule has 0 saturated carbocycles. The van der Waals surface area contributed by atoms with E-state index in [1.54, 1.807) is 11.8 Å². The van der Waals surface area contributed by atoms with E-state index in [0.717, 1.165) is 12.2 Å². The molecule has 0 aliphatic carbocycles. The van der Waals surface area contributed by atoms with Crippen LogP contribution >= 0.6 is 0 Å². The lowest BCUT2D eigenvalue weighted by atomic mass is 10.1. The summed E-state index contributed by atoms with van der Waals surface area (Å²) in [6.45, 7) is 2.06. The van der Waals surface area contributed by atoms with Gasteiger partial charge in [-0.3, -0.25) is 16.0 Å². The number of aromatic nitrogens is 3. The number of nitrogens with zero attached hydrogens (tertiary/aromatic N) is 3. The second-order valence-electron chi connectivity index (χ2n) is 3.46. The summed E-state index contributed by atoms with van der Waals surface area (Å²) in [5.41, 5.74) is 2.76. The van der Waals surface area contributed by atoms with Crippen molar-refractivity contribution in [2.24, 2.45) is 12.9 Å². The maximum absolute atomic E-state index is 5.50. The number of hydrogen-bond acceptors (Lipinski definition) is 5. The molecule has 2 unspecified atom stereocenters. The van der Waals surface area contributed by atoms with Gasteiger partial charge < -0.3 is 4.74 Å². The average molecular weight is 213 g/mol. The Hall–Kier alpha value is -0.980. The van der Waals surface area contributed by atoms with Crippen LogP contribution in [0.2, 0.25) is 0 Å². The standard InChI is InChI=1S/C9H19N5O/c1-4-8(15-3)7(13-10)5-9-11-6-12-14(9)2/h6-8,13H,4-5,10H2,1-3H3. The van der Waals surface area contributed by atoms with Gasteiger partial charge >= 0.3 is 0 Å². The Morgan fingerprint density at radius 3 is 2.80 bits per heavy atom. The Balaban J connectivity index is 2.64. The fourth-order valence-electron chi connectivity index (χ4n) is 1.61. The van der Waals surface area contributed by atoms with Crippen molar-refractivity contribution in [1.29, 1.82) is 0 Å². The van der Waals surface area contributed by atoms with E-state index in [9.17, 15) is 0 Å². The highest BCUT2D eigenvalue weighted by Crippen LogP contribution is 2.07. The molecule has 2 atom stereocenters. The molecule has 86 valence electrons. The molecule has 1 heterocycles. The number of hydrazine groups is 1. The van der Waals surface area contributed by atoms with E-state index >= 15 is 0 Å². The van der Waals surface area contributed by atoms with E-state index in [4.69, 9.17) is 10.6 Å². The molecule has 0 aromatic carbocycles. The van der Waals surface area contributed by atoms with Crippen LogP contribution in [0.1, 0.15) is 19.2 Å². The highest BCUT2D eigenvalue weighted by Gasteiger charge is 2.20. The average Bonchev–Trinajstić information content (AvgIpc) is 2.64. The summed E-state index contributed by atoms with van der Waals surface area (Å²) in [4.78, 5) is 4.16. The lowest BCUT2D eigenvalue weighted by molar-refractivity contribution is 0.0645. The Labute approximate surface area is 89.8 Å². The highest BCUT2D eigenvalue weighted by molar-refractivity contribution is 4.91. The second kappa shape index (κ2) is 5.79. The molecule has 6 heteroatoms. The van der Waals surface area contributed by atoms with Gasteiger partial charge in [-0.25, -0.2) is 4.98 Å². The second-order valence-corrected chi connectivity index (χ2v) is 3.46. The number of methoxy groups -OCH3 is 1. The molecule has 0 radical (unpaired) electrons. The first-order chi connectivity index (χ1) is 7.22. The van der Waals surface area contributed by atoms with E-state index < -0.39 is 0 Å². The molecule has 0 aliphatic heterocycles. The molecule has 0 aliphatic rings. The van der Waals surface area contributed by atoms with Crippen LogP contribution in [0.5, 0.6) is 0 Å². The van der Waals surface area contributed by atoms with Gasteiger partial charge in [0.25, 0.3) is 0 Å². The molecule has 1 rings (SSSR count). The Bertz CT molecular complexity index is 284. The predicted molar refractivity (Wildman–Crippen MR) is 56.9 cm³/mol. The minimum absolute atomic E-state index is 0.0582. The summed E-state index contributed by atoms with van der Waals surface area (Å²) >= 11 is 0. The monoisotopic (exact) mass is 213 g/mol. The lowest BCUT2D eigenvalue weighted by Gasteiger charge is -2.23. The number of aryl methyl sites for hydroxylation is 1. The minimum atomic E-state index is 0.0582. The van der Waals surface area contributed by atoms with E-state index in [0.29, 0.717) is 6.42 Å². The predicted octanol–water partition coefficient (Wildman–Crippen LogP) is -0.385. The third-order valence-corrected chi connectivity index (χ3v) is 2.58. The number of rotatable bonds is 6. The van der Waals surface area contributed by atoms with Gasteiger partial charge in [0.15, 0.2) is 0 Å². The van der Waals surface area contributed by atoms with Gasteiger partial charge in [-0.05, 0) is 6.42 Å². The molecule has 1 aromatic rings. The SMILES string of the molecule is CCC(OC)C(Cc1ncnn1C)NN. The van der Waals surface area contributed by atoms with Crippen molar-refractivity contribution in [1.82, 2.24) is 20.2 Å². The van der Waals surface area contributed by atoms with Gasteiger partial charge in [-0.2, -0.15) is 5.10 Å². The summed E-state index contributed by atoms with van der Waals surface area (Å²) < 4.78 is 7.08. The van der Waals surface area contributed by atoms with Gasteiger partial charge in [0.2, 0.25) is 0 Å². The first-order valence-electron chi connectivity index (χ1n) is 5.04. The van der Waals surface area contributed by atoms with Crippen molar-refractivity contribution >= 4 is 0 Å². The van der Waals surface area contributed by atoms with Gasteiger partial charge in [0, 0.05) is 20.6 Å². The molecule has 0 bridgehead atoms. The topological polar surface area (TPSA) is 78.0 Å². The molecule has 0 saturated heterocycles. The molecular formula is C9H19N5O. The van der Waals surface area contributed by atoms with Crippen LogP contribution in [-0.2, 0) is 18.2 Å². The van der Waals surface area contributed by atoms with E-state index in [1.807, 2.05) is 7.05 Å². The Morgan fingerprint density at radius 1 is 1.67 bits per heavy atom. The number of nitrogens with one attached hydrogen (secondary N) is 1. The van der Waals surface area contributed by atoms with Crippen LogP contribution in [0, 0.1) is 0 Å². The summed E-state index contributed by atoms with van der Waals surface area (Å²) in [7, 11) is 3.55. The van der Waals surface area contributed by atoms with Crippen molar-refractivity contribution in [2.75, 3.05) is 7.11 Å². The zero-order chi connectivity index (χ0) is 11.3. The van der Waals surface area contributed by atoms with E-state index in [-0.39, 0.29) is 12.1 Å². The number of nitrogens with two attached hydrogens (primary N) is 1. The van der Waals surface area contributed by atoms with Gasteiger partial charge in [0.1, 0.15) is 12.2 Å². The summed E-state index contributed by atoms with van der Waals surface area (Å²) in [6.07, 6.45) is 3.24. The van der Waals surface area contributed by atoms with Crippen LogP contribution in [0.25, 0.3) is 0 Å². The molecular weight excluding hydrogens is 194 g/mol. The Morgan fingerprint density at radius 2 is 2.40 bits per heavy atom. The zero-order valence-electron chi connectivity index (χ0n) is 9.47. The van der Waals surface area contributed by atoms with Crippen molar-refractivity contribution in [3.05, 3.63) is 12.2 Å². The normalized spacial score (nSPS) is 15.2. The third kappa shape index (κ3) is 2.98. The van der Waals surface area contributed by atoms with Crippen LogP contribution in [0.15, 0.2) is 6.33 Å². The van der Waals surface area contributed by atoms with E-state index in [2.05, 4.69) is 22.4 Å². The van der Waals surface area contributed by atoms with Crippen LogP contribution in [0.4, 0.5) is 0 Å². The molecule has 0 fully saturated rings. The third-order valence-electron chi connectivity index (χ3n) is 2.58. The first kappa shape index (κ1) is 12.1. The molecule has 0 spiro atoms. The quantitative estimate of drug-likeness (QED) is 0.497. The van der Waals surface area contributed by atoms with Gasteiger partial charge in [-0.15, -0.1) is 0 Å². The van der Waals surface area contributed by atoms with Crippen molar-refractivity contribution < 1.29 is 4.74 Å². The molecule has 15 heavy (non-hydrogen) atoms. The summed E-state index contributed by atoms with van der Waals surface area (Å²) in [5, 5.41) is 4.01. The Kier molecular flexibility index (Phi) is 4.67. The van der Waals surface area contributed by atoms with Gasteiger partial charge in [0.05, 0.1) is 12.1 Å². The first-order valence-corrected chi connectivity index (χ1v) is 5.04. The maximum atomic E-state index is 5.50. The van der Waals surface area contributed by atoms with E-state index in [1.165, 1.54) is 6.33 Å². The minimum Gasteiger partial charge on any atom is -0.380 e. The molecule has 3 N–H and O–H groups in total. The number of hydrogen-bond donors (Lipinski definition) is 2. The van der Waals surface area contributed by atoms with Crippen molar-refractivity contribution in [2.45, 2.75) is 31.9 Å². The van der Waals surface area contributed by atoms with Crippen LogP contribution in [-0.4, -0.2) is 34.0 Å². The maximum Gasteiger partial charge on any atom is 0.138 e. The molecule has 1 aromatic heterocycles. The molecule has 6 nitrogen and oxygen atoms in total.